The van der Waals surface area contributed by atoms with Gasteiger partial charge in [-0.15, -0.1) is 0 Å². The first-order valence-corrected chi connectivity index (χ1v) is 14.8. The Balaban J connectivity index is 1.46. The van der Waals surface area contributed by atoms with Crippen molar-refractivity contribution in [3.8, 4) is 17.2 Å². The van der Waals surface area contributed by atoms with E-state index >= 15 is 0 Å². The summed E-state index contributed by atoms with van der Waals surface area (Å²) in [7, 11) is 4.70. The highest BCUT2D eigenvalue weighted by Gasteiger charge is 2.45. The lowest BCUT2D eigenvalue weighted by Gasteiger charge is -2.42. The van der Waals surface area contributed by atoms with Crippen molar-refractivity contribution < 1.29 is 23.8 Å². The molecule has 2 aliphatic rings. The zero-order valence-corrected chi connectivity index (χ0v) is 25.0. The van der Waals surface area contributed by atoms with Crippen LogP contribution in [-0.4, -0.2) is 68.6 Å². The molecule has 0 unspecified atom stereocenters. The number of rotatable bonds is 10. The Hall–Kier alpha value is -4.04. The number of likely N-dealkylation sites (tertiary alicyclic amines) is 1. The van der Waals surface area contributed by atoms with Crippen molar-refractivity contribution in [3.05, 3.63) is 89.0 Å². The van der Waals surface area contributed by atoms with Crippen LogP contribution in [0.2, 0.25) is 0 Å². The molecular weight excluding hydrogens is 530 g/mol. The number of carbonyl (C=O) groups is 2. The molecule has 0 aromatic heterocycles. The second-order valence-corrected chi connectivity index (χ2v) is 11.0. The quantitative estimate of drug-likeness (QED) is 0.361. The molecule has 222 valence electrons. The van der Waals surface area contributed by atoms with Crippen LogP contribution in [0.3, 0.4) is 0 Å². The molecule has 5 rings (SSSR count). The van der Waals surface area contributed by atoms with E-state index in [9.17, 15) is 9.59 Å². The summed E-state index contributed by atoms with van der Waals surface area (Å²) in [5, 5.41) is 3.38. The predicted molar refractivity (Wildman–Crippen MR) is 162 cm³/mol. The summed E-state index contributed by atoms with van der Waals surface area (Å²) in [5.41, 5.74) is 3.38. The van der Waals surface area contributed by atoms with E-state index in [1.165, 1.54) is 5.56 Å². The van der Waals surface area contributed by atoms with Crippen LogP contribution >= 0.6 is 0 Å². The second kappa shape index (κ2) is 13.3. The Morgan fingerprint density at radius 1 is 0.905 bits per heavy atom. The topological polar surface area (TPSA) is 80.3 Å². The van der Waals surface area contributed by atoms with Crippen molar-refractivity contribution in [2.75, 3.05) is 41.0 Å². The van der Waals surface area contributed by atoms with Gasteiger partial charge in [0, 0.05) is 37.8 Å². The number of methoxy groups -OCH3 is 3. The Kier molecular flexibility index (Phi) is 9.32. The van der Waals surface area contributed by atoms with Crippen LogP contribution in [0, 0.1) is 0 Å². The van der Waals surface area contributed by atoms with Gasteiger partial charge < -0.3 is 24.4 Å². The molecule has 0 aliphatic carbocycles. The monoisotopic (exact) mass is 571 g/mol. The number of hydrogen-bond acceptors (Lipinski definition) is 6. The summed E-state index contributed by atoms with van der Waals surface area (Å²) < 4.78 is 16.9. The number of ether oxygens (including phenoxy) is 3. The molecule has 1 saturated heterocycles. The van der Waals surface area contributed by atoms with E-state index in [4.69, 9.17) is 14.2 Å². The normalized spacial score (nSPS) is 19.2. The van der Waals surface area contributed by atoms with E-state index in [1.54, 1.807) is 21.3 Å². The first kappa shape index (κ1) is 29.5. The zero-order valence-electron chi connectivity index (χ0n) is 25.0. The Morgan fingerprint density at radius 3 is 2.17 bits per heavy atom. The van der Waals surface area contributed by atoms with Gasteiger partial charge in [-0.05, 0) is 54.2 Å². The summed E-state index contributed by atoms with van der Waals surface area (Å²) in [6.45, 7) is 5.29. The molecule has 1 N–H and O–H groups in total. The van der Waals surface area contributed by atoms with Crippen LogP contribution in [-0.2, 0) is 11.3 Å². The van der Waals surface area contributed by atoms with Gasteiger partial charge in [0.2, 0.25) is 11.7 Å². The summed E-state index contributed by atoms with van der Waals surface area (Å²) in [6.07, 6.45) is 2.50. The van der Waals surface area contributed by atoms with Crippen LogP contribution in [0.1, 0.15) is 65.2 Å². The molecule has 3 aromatic carbocycles. The maximum atomic E-state index is 14.3. The van der Waals surface area contributed by atoms with Gasteiger partial charge in [0.25, 0.3) is 5.91 Å². The van der Waals surface area contributed by atoms with Crippen molar-refractivity contribution in [3.63, 3.8) is 0 Å². The Labute approximate surface area is 248 Å². The molecule has 1 fully saturated rings. The Morgan fingerprint density at radius 2 is 1.55 bits per heavy atom. The van der Waals surface area contributed by atoms with E-state index in [2.05, 4.69) is 34.5 Å². The standard InChI is InChI=1S/C34H41N3O5/c1-5-17-37-31(24-20-28(40-2)32(42-4)29(21-24)41-3)30(26-13-9-10-14-27(26)34(37)39)33(38)35-25-15-18-36(19-16-25)22-23-11-7-6-8-12-23/h6-14,20-21,25,30-31H,5,15-19,22H2,1-4H3,(H,35,38)/t30-,31+/m1/s1. The molecule has 0 saturated carbocycles. The minimum absolute atomic E-state index is 0.0644. The van der Waals surface area contributed by atoms with E-state index in [0.29, 0.717) is 29.4 Å². The van der Waals surface area contributed by atoms with Crippen LogP contribution in [0.4, 0.5) is 0 Å². The van der Waals surface area contributed by atoms with E-state index in [1.807, 2.05) is 54.3 Å². The van der Waals surface area contributed by atoms with Crippen molar-refractivity contribution >= 4 is 11.8 Å². The average molecular weight is 572 g/mol. The molecule has 8 heteroatoms. The summed E-state index contributed by atoms with van der Waals surface area (Å²) in [6, 6.07) is 21.2. The summed E-state index contributed by atoms with van der Waals surface area (Å²) >= 11 is 0. The maximum Gasteiger partial charge on any atom is 0.254 e. The number of hydrogen-bond donors (Lipinski definition) is 1. The fraction of sp³-hybridized carbons (Fsp3) is 0.412. The van der Waals surface area contributed by atoms with Crippen molar-refractivity contribution in [1.29, 1.82) is 0 Å². The zero-order chi connectivity index (χ0) is 29.6. The molecule has 0 radical (unpaired) electrons. The number of benzene rings is 3. The van der Waals surface area contributed by atoms with Gasteiger partial charge in [0.05, 0.1) is 33.3 Å². The molecular formula is C34H41N3O5. The number of nitrogens with zero attached hydrogens (tertiary/aromatic N) is 2. The van der Waals surface area contributed by atoms with Crippen LogP contribution in [0.15, 0.2) is 66.7 Å². The summed E-state index contributed by atoms with van der Waals surface area (Å²) in [4.78, 5) is 32.5. The third kappa shape index (κ3) is 5.95. The first-order valence-electron chi connectivity index (χ1n) is 14.8. The van der Waals surface area contributed by atoms with E-state index in [-0.39, 0.29) is 17.9 Å². The number of nitrogens with one attached hydrogen (secondary N) is 1. The maximum absolute atomic E-state index is 14.3. The molecule has 2 heterocycles. The first-order chi connectivity index (χ1) is 20.5. The molecule has 3 aromatic rings. The minimum atomic E-state index is -0.601. The summed E-state index contributed by atoms with van der Waals surface area (Å²) in [5.74, 6) is 0.687. The highest BCUT2D eigenvalue weighted by Crippen LogP contribution is 2.47. The van der Waals surface area contributed by atoms with Gasteiger partial charge in [-0.3, -0.25) is 14.5 Å². The van der Waals surface area contributed by atoms with Crippen LogP contribution < -0.4 is 19.5 Å². The molecule has 2 aliphatic heterocycles. The number of fused-ring (bicyclic) bond motifs is 1. The number of carbonyl (C=O) groups excluding carboxylic acids is 2. The second-order valence-electron chi connectivity index (χ2n) is 11.0. The van der Waals surface area contributed by atoms with Crippen LogP contribution in [0.5, 0.6) is 17.2 Å². The van der Waals surface area contributed by atoms with Gasteiger partial charge in [0.15, 0.2) is 11.5 Å². The molecule has 42 heavy (non-hydrogen) atoms. The lowest BCUT2D eigenvalue weighted by Crippen LogP contribution is -2.51. The predicted octanol–water partition coefficient (Wildman–Crippen LogP) is 5.18. The largest absolute Gasteiger partial charge is 0.493 e. The van der Waals surface area contributed by atoms with Crippen molar-refractivity contribution in [1.82, 2.24) is 15.1 Å². The van der Waals surface area contributed by atoms with Gasteiger partial charge in [-0.25, -0.2) is 0 Å². The highest BCUT2D eigenvalue weighted by atomic mass is 16.5. The molecule has 0 bridgehead atoms. The van der Waals surface area contributed by atoms with Crippen LogP contribution in [0.25, 0.3) is 0 Å². The van der Waals surface area contributed by atoms with E-state index < -0.39 is 12.0 Å². The van der Waals surface area contributed by atoms with Gasteiger partial charge in [-0.1, -0.05) is 55.5 Å². The van der Waals surface area contributed by atoms with E-state index in [0.717, 1.165) is 50.0 Å². The SMILES string of the molecule is CCCN1C(=O)c2ccccc2[C@@H](C(=O)NC2CCN(Cc3ccccc3)CC2)[C@@H]1c1cc(OC)c(OC)c(OC)c1. The molecule has 0 spiro atoms. The molecule has 8 nitrogen and oxygen atoms in total. The van der Waals surface area contributed by atoms with Gasteiger partial charge >= 0.3 is 0 Å². The molecule has 2 atom stereocenters. The highest BCUT2D eigenvalue weighted by molar-refractivity contribution is 6.01. The van der Waals surface area contributed by atoms with Gasteiger partial charge in [0.1, 0.15) is 0 Å². The third-order valence-electron chi connectivity index (χ3n) is 8.40. The lowest BCUT2D eigenvalue weighted by atomic mass is 9.78. The smallest absolute Gasteiger partial charge is 0.254 e. The average Bonchev–Trinajstić information content (AvgIpc) is 3.02. The van der Waals surface area contributed by atoms with Gasteiger partial charge in [-0.2, -0.15) is 0 Å². The fourth-order valence-electron chi connectivity index (χ4n) is 6.37. The minimum Gasteiger partial charge on any atom is -0.493 e. The number of amides is 2. The van der Waals surface area contributed by atoms with Crippen molar-refractivity contribution in [2.24, 2.45) is 0 Å². The lowest BCUT2D eigenvalue weighted by molar-refractivity contribution is -0.125. The number of piperidine rings is 1. The van der Waals surface area contributed by atoms with Crippen molar-refractivity contribution in [2.45, 2.75) is 50.7 Å². The third-order valence-corrected chi connectivity index (χ3v) is 8.40. The Bertz CT molecular complexity index is 1360. The molecule has 2 amide bonds. The fourth-order valence-corrected chi connectivity index (χ4v) is 6.37.